The summed E-state index contributed by atoms with van der Waals surface area (Å²) in [7, 11) is 1.99. The smallest absolute Gasteiger partial charge is 0.127 e. The Kier molecular flexibility index (Phi) is 5.14. The lowest BCUT2D eigenvalue weighted by Crippen LogP contribution is -2.32. The zero-order valence-corrected chi connectivity index (χ0v) is 10.4. The van der Waals surface area contributed by atoms with Crippen LogP contribution in [0.15, 0.2) is 12.4 Å². The first-order chi connectivity index (χ1) is 7.19. The minimum absolute atomic E-state index is 0.129. The normalized spacial score (nSPS) is 15.2. The van der Waals surface area contributed by atoms with Gasteiger partial charge >= 0.3 is 0 Å². The first kappa shape index (κ1) is 12.5. The molecule has 0 saturated carbocycles. The Labute approximate surface area is 95.6 Å². The lowest BCUT2D eigenvalue weighted by molar-refractivity contribution is 0.556. The highest BCUT2D eigenvalue weighted by molar-refractivity contribution is 7.99. The molecule has 0 amide bonds. The van der Waals surface area contributed by atoms with Gasteiger partial charge in [0.1, 0.15) is 5.82 Å². The third-order valence-electron chi connectivity index (χ3n) is 2.49. The Bertz CT molecular complexity index is 287. The van der Waals surface area contributed by atoms with Crippen LogP contribution in [0, 0.1) is 0 Å². The van der Waals surface area contributed by atoms with Crippen LogP contribution >= 0.6 is 11.8 Å². The molecule has 2 atom stereocenters. The number of thioether (sulfide) groups is 1. The van der Waals surface area contributed by atoms with Crippen molar-refractivity contribution in [3.63, 3.8) is 0 Å². The van der Waals surface area contributed by atoms with Crippen molar-refractivity contribution in [2.24, 2.45) is 12.9 Å². The Morgan fingerprint density at radius 3 is 2.87 bits per heavy atom. The lowest BCUT2D eigenvalue weighted by atomic mass is 10.3. The van der Waals surface area contributed by atoms with Crippen LogP contribution in [0.2, 0.25) is 0 Å². The molecule has 0 saturated heterocycles. The largest absolute Gasteiger partial charge is 0.337 e. The van der Waals surface area contributed by atoms with E-state index >= 15 is 0 Å². The highest BCUT2D eigenvalue weighted by atomic mass is 32.2. The number of hydrogen-bond acceptors (Lipinski definition) is 4. The molecule has 3 N–H and O–H groups in total. The second-order valence-corrected chi connectivity index (χ2v) is 5.14. The first-order valence-electron chi connectivity index (χ1n) is 5.24. The van der Waals surface area contributed by atoms with Gasteiger partial charge < -0.3 is 4.57 Å². The van der Waals surface area contributed by atoms with Gasteiger partial charge in [0.25, 0.3) is 0 Å². The van der Waals surface area contributed by atoms with Gasteiger partial charge in [0, 0.05) is 30.4 Å². The Morgan fingerprint density at radius 1 is 1.67 bits per heavy atom. The zero-order chi connectivity index (χ0) is 11.3. The van der Waals surface area contributed by atoms with Gasteiger partial charge in [-0.1, -0.05) is 13.8 Å². The van der Waals surface area contributed by atoms with E-state index in [1.165, 1.54) is 6.42 Å². The molecule has 0 radical (unpaired) electrons. The molecule has 0 spiro atoms. The number of hydrogen-bond donors (Lipinski definition) is 2. The highest BCUT2D eigenvalue weighted by Crippen LogP contribution is 2.20. The summed E-state index contributed by atoms with van der Waals surface area (Å²) >= 11 is 1.92. The average Bonchev–Trinajstić information content (AvgIpc) is 2.65. The van der Waals surface area contributed by atoms with E-state index in [1.54, 1.807) is 6.20 Å². The summed E-state index contributed by atoms with van der Waals surface area (Å²) in [5, 5.41) is 0.668. The minimum Gasteiger partial charge on any atom is -0.337 e. The molecule has 15 heavy (non-hydrogen) atoms. The quantitative estimate of drug-likeness (QED) is 0.571. The number of rotatable bonds is 6. The molecule has 1 rings (SSSR count). The second kappa shape index (κ2) is 6.15. The predicted molar refractivity (Wildman–Crippen MR) is 65.5 cm³/mol. The van der Waals surface area contributed by atoms with Crippen molar-refractivity contribution >= 4 is 11.8 Å². The molecule has 0 aromatic carbocycles. The molecule has 0 aliphatic heterocycles. The molecule has 1 aromatic rings. The number of aromatic nitrogens is 2. The number of nitrogens with zero attached hydrogens (tertiary/aromatic N) is 2. The summed E-state index contributed by atoms with van der Waals surface area (Å²) in [6, 6.07) is 0.129. The predicted octanol–water partition coefficient (Wildman–Crippen LogP) is 1.46. The third-order valence-corrected chi connectivity index (χ3v) is 3.92. The van der Waals surface area contributed by atoms with Gasteiger partial charge in [-0.25, -0.2) is 10.4 Å². The summed E-state index contributed by atoms with van der Waals surface area (Å²) in [6.07, 6.45) is 4.92. The van der Waals surface area contributed by atoms with Gasteiger partial charge in [-0.05, 0) is 6.42 Å². The molecule has 0 aliphatic rings. The average molecular weight is 228 g/mol. The molecule has 0 aliphatic carbocycles. The molecule has 5 heteroatoms. The van der Waals surface area contributed by atoms with Gasteiger partial charge in [0.15, 0.2) is 0 Å². The molecule has 86 valence electrons. The molecule has 4 nitrogen and oxygen atoms in total. The molecule has 0 fully saturated rings. The molecular formula is C10H20N4S. The number of aryl methyl sites for hydroxylation is 1. The molecule has 0 bridgehead atoms. The maximum absolute atomic E-state index is 5.54. The summed E-state index contributed by atoms with van der Waals surface area (Å²) < 4.78 is 2.00. The van der Waals surface area contributed by atoms with Crippen molar-refractivity contribution in [3.05, 3.63) is 18.2 Å². The van der Waals surface area contributed by atoms with E-state index in [0.717, 1.165) is 11.6 Å². The molecular weight excluding hydrogens is 208 g/mol. The van der Waals surface area contributed by atoms with Gasteiger partial charge in [-0.15, -0.1) is 0 Å². The van der Waals surface area contributed by atoms with Crippen LogP contribution in [0.3, 0.4) is 0 Å². The number of imidazole rings is 1. The summed E-state index contributed by atoms with van der Waals surface area (Å²) in [5.74, 6) is 7.49. The third kappa shape index (κ3) is 3.52. The summed E-state index contributed by atoms with van der Waals surface area (Å²) in [6.45, 7) is 4.43. The van der Waals surface area contributed by atoms with Crippen LogP contribution in [0.4, 0.5) is 0 Å². The summed E-state index contributed by atoms with van der Waals surface area (Å²) in [5.41, 5.74) is 2.82. The monoisotopic (exact) mass is 228 g/mol. The van der Waals surface area contributed by atoms with E-state index in [4.69, 9.17) is 5.84 Å². The van der Waals surface area contributed by atoms with E-state index < -0.39 is 0 Å². The standard InChI is InChI=1S/C10H20N4S/c1-4-8(2)15-7-9(13-11)10-12-5-6-14(10)3/h5-6,8-9,13H,4,7,11H2,1-3H3. The van der Waals surface area contributed by atoms with Crippen molar-refractivity contribution in [2.45, 2.75) is 31.6 Å². The fourth-order valence-electron chi connectivity index (χ4n) is 1.29. The van der Waals surface area contributed by atoms with Crippen LogP contribution in [0.5, 0.6) is 0 Å². The van der Waals surface area contributed by atoms with Gasteiger partial charge in [-0.2, -0.15) is 11.8 Å². The van der Waals surface area contributed by atoms with Crippen LogP contribution in [0.1, 0.15) is 32.1 Å². The van der Waals surface area contributed by atoms with E-state index in [1.807, 2.05) is 29.6 Å². The van der Waals surface area contributed by atoms with Gasteiger partial charge in [0.05, 0.1) is 6.04 Å². The van der Waals surface area contributed by atoms with E-state index in [0.29, 0.717) is 5.25 Å². The number of nitrogens with one attached hydrogen (secondary N) is 1. The second-order valence-electron chi connectivity index (χ2n) is 3.67. The van der Waals surface area contributed by atoms with E-state index in [9.17, 15) is 0 Å². The van der Waals surface area contributed by atoms with Crippen LogP contribution in [-0.4, -0.2) is 20.6 Å². The van der Waals surface area contributed by atoms with Crippen molar-refractivity contribution < 1.29 is 0 Å². The number of hydrazine groups is 1. The van der Waals surface area contributed by atoms with E-state index in [2.05, 4.69) is 24.3 Å². The topological polar surface area (TPSA) is 55.9 Å². The van der Waals surface area contributed by atoms with Gasteiger partial charge in [0.2, 0.25) is 0 Å². The maximum Gasteiger partial charge on any atom is 0.127 e. The Morgan fingerprint density at radius 2 is 2.40 bits per heavy atom. The highest BCUT2D eigenvalue weighted by Gasteiger charge is 2.15. The first-order valence-corrected chi connectivity index (χ1v) is 6.28. The Hall–Kier alpha value is -0.520. The van der Waals surface area contributed by atoms with Crippen LogP contribution in [0.25, 0.3) is 0 Å². The van der Waals surface area contributed by atoms with Crippen molar-refractivity contribution in [3.8, 4) is 0 Å². The lowest BCUT2D eigenvalue weighted by Gasteiger charge is -2.17. The van der Waals surface area contributed by atoms with Crippen LogP contribution < -0.4 is 11.3 Å². The molecule has 2 unspecified atom stereocenters. The van der Waals surface area contributed by atoms with Crippen LogP contribution in [-0.2, 0) is 7.05 Å². The molecule has 1 heterocycles. The van der Waals surface area contributed by atoms with Gasteiger partial charge in [-0.3, -0.25) is 5.84 Å². The SMILES string of the molecule is CCC(C)SCC(NN)c1nccn1C. The maximum atomic E-state index is 5.54. The fraction of sp³-hybridized carbons (Fsp3) is 0.700. The van der Waals surface area contributed by atoms with E-state index in [-0.39, 0.29) is 6.04 Å². The summed E-state index contributed by atoms with van der Waals surface area (Å²) in [4.78, 5) is 4.30. The molecule has 1 aromatic heterocycles. The Balaban J connectivity index is 2.53. The van der Waals surface area contributed by atoms with Crippen molar-refractivity contribution in [1.82, 2.24) is 15.0 Å². The number of nitrogens with two attached hydrogens (primary N) is 1. The van der Waals surface area contributed by atoms with Crippen molar-refractivity contribution in [2.75, 3.05) is 5.75 Å². The fourth-order valence-corrected chi connectivity index (χ4v) is 2.29. The zero-order valence-electron chi connectivity index (χ0n) is 9.60. The van der Waals surface area contributed by atoms with Crippen molar-refractivity contribution in [1.29, 1.82) is 0 Å². The minimum atomic E-state index is 0.129.